The van der Waals surface area contributed by atoms with Gasteiger partial charge in [-0.3, -0.25) is 9.69 Å². The predicted octanol–water partition coefficient (Wildman–Crippen LogP) is 7.02. The number of carbonyl (C=O) groups excluding carboxylic acids is 2. The summed E-state index contributed by atoms with van der Waals surface area (Å²) in [7, 11) is 0. The number of nitrogens with two attached hydrogens (primary N) is 1. The van der Waals surface area contributed by atoms with Crippen LogP contribution in [0.5, 0.6) is 0 Å². The average molecular weight is 619 g/mol. The third-order valence-corrected chi connectivity index (χ3v) is 7.48. The monoisotopic (exact) mass is 618 g/mol. The third-order valence-electron chi connectivity index (χ3n) is 7.48. The quantitative estimate of drug-likeness (QED) is 0.152. The van der Waals surface area contributed by atoms with Crippen molar-refractivity contribution < 1.29 is 41.4 Å². The van der Waals surface area contributed by atoms with Crippen LogP contribution in [0.3, 0.4) is 0 Å². The van der Waals surface area contributed by atoms with E-state index in [0.717, 1.165) is 43.4 Å². The first kappa shape index (κ1) is 32.2. The van der Waals surface area contributed by atoms with Crippen molar-refractivity contribution in [3.8, 4) is 0 Å². The molecule has 3 aromatic rings. The van der Waals surface area contributed by atoms with Crippen LogP contribution in [0.1, 0.15) is 65.1 Å². The fourth-order valence-electron chi connectivity index (χ4n) is 5.03. The number of hydrogen-bond acceptors (Lipinski definition) is 4. The summed E-state index contributed by atoms with van der Waals surface area (Å²) < 4.78 is 66.9. The Morgan fingerprint density at radius 3 is 2.11 bits per heavy atom. The second-order valence-corrected chi connectivity index (χ2v) is 10.6. The highest BCUT2D eigenvalue weighted by molar-refractivity contribution is 6.02. The minimum Gasteiger partial charge on any atom is -0.477 e. The number of benzene rings is 3. The second kappa shape index (κ2) is 13.3. The van der Waals surface area contributed by atoms with Crippen LogP contribution in [-0.4, -0.2) is 35.5 Å². The summed E-state index contributed by atoms with van der Waals surface area (Å²) in [6.07, 6.45) is 0.874. The summed E-state index contributed by atoms with van der Waals surface area (Å²) in [4.78, 5) is 37.6. The largest absolute Gasteiger partial charge is 0.477 e. The molecule has 0 aliphatic heterocycles. The molecule has 1 aliphatic rings. The molecule has 0 saturated heterocycles. The molecule has 0 heterocycles. The smallest absolute Gasteiger partial charge is 0.418 e. The number of rotatable bonds is 9. The van der Waals surface area contributed by atoms with Crippen molar-refractivity contribution in [1.82, 2.24) is 5.32 Å². The van der Waals surface area contributed by atoms with E-state index in [9.17, 15) is 36.3 Å². The van der Waals surface area contributed by atoms with Gasteiger partial charge in [-0.2, -0.15) is 22.0 Å². The van der Waals surface area contributed by atoms with Gasteiger partial charge in [0.1, 0.15) is 0 Å². The van der Waals surface area contributed by atoms with E-state index < -0.39 is 47.8 Å². The minimum atomic E-state index is -4.73. The summed E-state index contributed by atoms with van der Waals surface area (Å²) in [5.74, 6) is -7.02. The molecule has 1 aliphatic carbocycles. The zero-order valence-corrected chi connectivity index (χ0v) is 23.5. The van der Waals surface area contributed by atoms with Crippen molar-refractivity contribution in [1.29, 1.82) is 0 Å². The number of urea groups is 1. The number of carboxylic acids is 1. The summed E-state index contributed by atoms with van der Waals surface area (Å²) in [5.41, 5.74) is 5.88. The number of amides is 3. The number of alkyl halides is 5. The van der Waals surface area contributed by atoms with E-state index in [0.29, 0.717) is 17.2 Å². The van der Waals surface area contributed by atoms with E-state index in [1.165, 1.54) is 41.7 Å². The average Bonchev–Trinajstić information content (AvgIpc) is 3.00. The Morgan fingerprint density at radius 2 is 1.52 bits per heavy atom. The molecule has 0 radical (unpaired) electrons. The zero-order valence-electron chi connectivity index (χ0n) is 23.5. The van der Waals surface area contributed by atoms with Gasteiger partial charge >= 0.3 is 24.1 Å². The van der Waals surface area contributed by atoms with Crippen LogP contribution in [0.4, 0.5) is 43.8 Å². The minimum absolute atomic E-state index is 0.0238. The van der Waals surface area contributed by atoms with Crippen LogP contribution < -0.4 is 21.3 Å². The first-order valence-corrected chi connectivity index (χ1v) is 13.9. The van der Waals surface area contributed by atoms with E-state index in [1.54, 1.807) is 12.1 Å². The molecule has 1 fully saturated rings. The van der Waals surface area contributed by atoms with E-state index in [4.69, 9.17) is 10.8 Å². The van der Waals surface area contributed by atoms with Crippen LogP contribution in [-0.2, 0) is 17.5 Å². The summed E-state index contributed by atoms with van der Waals surface area (Å²) in [6, 6.07) is 15.3. The third kappa shape index (κ3) is 8.03. The normalized spacial score (nSPS) is 14.1. The summed E-state index contributed by atoms with van der Waals surface area (Å²) in [6.45, 7) is -1.45. The Bertz CT molecular complexity index is 1490. The topological polar surface area (TPSA) is 125 Å². The first-order valence-electron chi connectivity index (χ1n) is 13.9. The van der Waals surface area contributed by atoms with Crippen molar-refractivity contribution in [2.24, 2.45) is 0 Å². The Kier molecular flexibility index (Phi) is 9.75. The van der Waals surface area contributed by atoms with Gasteiger partial charge in [0.15, 0.2) is 0 Å². The summed E-state index contributed by atoms with van der Waals surface area (Å²) >= 11 is 0. The Hall–Kier alpha value is -4.68. The fraction of sp³-hybridized carbons (Fsp3) is 0.323. The molecular weight excluding hydrogens is 587 g/mol. The van der Waals surface area contributed by atoms with E-state index in [1.807, 2.05) is 17.4 Å². The van der Waals surface area contributed by atoms with Gasteiger partial charge in [0.25, 0.3) is 5.91 Å². The van der Waals surface area contributed by atoms with Crippen molar-refractivity contribution in [3.63, 3.8) is 0 Å². The van der Waals surface area contributed by atoms with Crippen LogP contribution in [0.25, 0.3) is 0 Å². The number of hydrogen-bond donors (Lipinski definition) is 4. The molecule has 4 rings (SSSR count). The molecule has 5 N–H and O–H groups in total. The molecule has 13 heteroatoms. The van der Waals surface area contributed by atoms with Crippen molar-refractivity contribution in [2.75, 3.05) is 22.5 Å². The van der Waals surface area contributed by atoms with Gasteiger partial charge in [0.2, 0.25) is 0 Å². The number of nitrogens with zero attached hydrogens (tertiary/aromatic N) is 1. The SMILES string of the molecule is Nc1ccc(NC(=O)N(Cc2ccc(C(=O)NCC(F)(F)C(=O)O)cc2)c2ccc(C3CCCCC3)cc2)cc1C(F)(F)F. The molecule has 44 heavy (non-hydrogen) atoms. The number of carbonyl (C=O) groups is 3. The lowest BCUT2D eigenvalue weighted by Crippen LogP contribution is -2.42. The van der Waals surface area contributed by atoms with Gasteiger partial charge in [0, 0.05) is 22.6 Å². The maximum absolute atomic E-state index is 13.5. The van der Waals surface area contributed by atoms with Crippen molar-refractivity contribution >= 4 is 35.0 Å². The number of anilines is 3. The number of halogens is 5. The molecular formula is C31H31F5N4O4. The molecule has 234 valence electrons. The highest BCUT2D eigenvalue weighted by Crippen LogP contribution is 2.36. The van der Waals surface area contributed by atoms with Gasteiger partial charge < -0.3 is 21.5 Å². The lowest BCUT2D eigenvalue weighted by molar-refractivity contribution is -0.163. The molecule has 3 amide bonds. The van der Waals surface area contributed by atoms with Gasteiger partial charge in [-0.15, -0.1) is 0 Å². The maximum Gasteiger partial charge on any atom is 0.418 e. The number of nitrogens with one attached hydrogen (secondary N) is 2. The number of nitrogen functional groups attached to an aromatic ring is 1. The Labute approximate surface area is 250 Å². The highest BCUT2D eigenvalue weighted by Gasteiger charge is 2.39. The Morgan fingerprint density at radius 1 is 0.886 bits per heavy atom. The lowest BCUT2D eigenvalue weighted by atomic mass is 9.84. The molecule has 0 spiro atoms. The van der Waals surface area contributed by atoms with Gasteiger partial charge in [-0.1, -0.05) is 43.5 Å². The van der Waals surface area contributed by atoms with Gasteiger partial charge in [-0.05, 0) is 72.4 Å². The predicted molar refractivity (Wildman–Crippen MR) is 155 cm³/mol. The molecule has 1 saturated carbocycles. The molecule has 0 atom stereocenters. The first-order chi connectivity index (χ1) is 20.7. The van der Waals surface area contributed by atoms with E-state index in [2.05, 4.69) is 5.32 Å². The standard InChI is InChI=1S/C31H31F5N4O4/c32-30(33,28(42)43)18-38-27(41)22-8-6-19(7-9-22)17-40(24-13-10-21(11-14-24)20-4-2-1-3-5-20)29(44)39-23-12-15-26(37)25(16-23)31(34,35)36/h6-16,20H,1-5,17-18,37H2,(H,38,41)(H,39,44)(H,42,43). The van der Waals surface area contributed by atoms with Crippen LogP contribution in [0.2, 0.25) is 0 Å². The fourth-order valence-corrected chi connectivity index (χ4v) is 5.03. The molecule has 0 unspecified atom stereocenters. The number of aliphatic carboxylic acids is 1. The van der Waals surface area contributed by atoms with Crippen LogP contribution in [0, 0.1) is 0 Å². The molecule has 3 aromatic carbocycles. The van der Waals surface area contributed by atoms with Gasteiger partial charge in [0.05, 0.1) is 18.7 Å². The second-order valence-electron chi connectivity index (χ2n) is 10.6. The van der Waals surface area contributed by atoms with Gasteiger partial charge in [-0.25, -0.2) is 9.59 Å². The van der Waals surface area contributed by atoms with E-state index in [-0.39, 0.29) is 17.8 Å². The van der Waals surface area contributed by atoms with E-state index >= 15 is 0 Å². The number of carboxylic acid groups (broad SMARTS) is 1. The molecule has 8 nitrogen and oxygen atoms in total. The maximum atomic E-state index is 13.5. The molecule has 0 aromatic heterocycles. The van der Waals surface area contributed by atoms with Crippen LogP contribution >= 0.6 is 0 Å². The Balaban J connectivity index is 1.56. The van der Waals surface area contributed by atoms with Crippen molar-refractivity contribution in [2.45, 2.75) is 56.7 Å². The lowest BCUT2D eigenvalue weighted by Gasteiger charge is -2.26. The van der Waals surface area contributed by atoms with Crippen molar-refractivity contribution in [3.05, 3.63) is 89.0 Å². The zero-order chi connectivity index (χ0) is 32.1. The van der Waals surface area contributed by atoms with Crippen LogP contribution in [0.15, 0.2) is 66.7 Å². The summed E-state index contributed by atoms with van der Waals surface area (Å²) in [5, 5.41) is 12.9. The molecule has 0 bridgehead atoms. The highest BCUT2D eigenvalue weighted by atomic mass is 19.4.